The van der Waals surface area contributed by atoms with Crippen LogP contribution in [0.15, 0.2) is 23.1 Å². The van der Waals surface area contributed by atoms with Gasteiger partial charge < -0.3 is 0 Å². The predicted octanol–water partition coefficient (Wildman–Crippen LogP) is 3.46. The summed E-state index contributed by atoms with van der Waals surface area (Å²) in [5.41, 5.74) is -0.114. The molecule has 1 saturated carbocycles. The third-order valence-corrected chi connectivity index (χ3v) is 6.64. The second-order valence-corrected chi connectivity index (χ2v) is 8.88. The highest BCUT2D eigenvalue weighted by atomic mass is 32.2. The number of hydrogen-bond donors (Lipinski definition) is 0. The van der Waals surface area contributed by atoms with E-state index in [9.17, 15) is 22.5 Å². The fraction of sp³-hybridized carbons (Fsp3) is 0.533. The molecule has 1 fully saturated rings. The predicted molar refractivity (Wildman–Crippen MR) is 74.1 cm³/mol. The highest BCUT2D eigenvalue weighted by Gasteiger charge is 2.58. The van der Waals surface area contributed by atoms with E-state index in [2.05, 4.69) is 0 Å². The van der Waals surface area contributed by atoms with Crippen LogP contribution >= 0.6 is 0 Å². The Hall–Kier alpha value is -1.48. The van der Waals surface area contributed by atoms with Crippen LogP contribution in [0.25, 0.3) is 0 Å². The quantitative estimate of drug-likeness (QED) is 0.786. The Bertz CT molecular complexity index is 708. The number of halogens is 2. The van der Waals surface area contributed by atoms with Gasteiger partial charge in [-0.15, -0.1) is 0 Å². The molecular weight excluding hydrogens is 296 g/mol. The van der Waals surface area contributed by atoms with Crippen LogP contribution in [-0.4, -0.2) is 13.2 Å². The summed E-state index contributed by atoms with van der Waals surface area (Å²) in [5, 5.41) is 9.34. The largest absolute Gasteiger partial charge is 0.222 e. The highest BCUT2D eigenvalue weighted by Crippen LogP contribution is 2.53. The zero-order chi connectivity index (χ0) is 16.1. The first-order chi connectivity index (χ1) is 9.53. The molecule has 0 atom stereocenters. The molecule has 2 rings (SSSR count). The van der Waals surface area contributed by atoms with Gasteiger partial charge in [0, 0.05) is 6.07 Å². The summed E-state index contributed by atoms with van der Waals surface area (Å²) in [5.74, 6) is -1.92. The summed E-state index contributed by atoms with van der Waals surface area (Å²) in [6.07, 6.45) is 0.346. The van der Waals surface area contributed by atoms with Gasteiger partial charge in [-0.2, -0.15) is 5.26 Å². The van der Waals surface area contributed by atoms with E-state index in [1.165, 1.54) is 0 Å². The highest BCUT2D eigenvalue weighted by molar-refractivity contribution is 7.93. The van der Waals surface area contributed by atoms with Crippen LogP contribution in [0.5, 0.6) is 0 Å². The smallest absolute Gasteiger partial charge is 0.200 e. The number of sulfone groups is 1. The molecule has 0 bridgehead atoms. The Morgan fingerprint density at radius 1 is 1.29 bits per heavy atom. The molecule has 1 aliphatic carbocycles. The maximum Gasteiger partial charge on any atom is 0.200 e. The lowest BCUT2D eigenvalue weighted by atomic mass is 9.63. The minimum absolute atomic E-state index is 0.0791. The molecular formula is C15H17F2NO2S. The van der Waals surface area contributed by atoms with E-state index < -0.39 is 31.1 Å². The lowest BCUT2D eigenvalue weighted by Gasteiger charge is -2.48. The van der Waals surface area contributed by atoms with Gasteiger partial charge in [0.2, 0.25) is 0 Å². The monoisotopic (exact) mass is 313 g/mol. The molecule has 0 saturated heterocycles. The van der Waals surface area contributed by atoms with E-state index >= 15 is 0 Å². The van der Waals surface area contributed by atoms with E-state index in [1.54, 1.807) is 0 Å². The van der Waals surface area contributed by atoms with Gasteiger partial charge in [0.25, 0.3) is 0 Å². The van der Waals surface area contributed by atoms with Crippen LogP contribution in [0, 0.1) is 34.3 Å². The van der Waals surface area contributed by atoms with Crippen molar-refractivity contribution in [1.29, 1.82) is 5.26 Å². The Balaban J connectivity index is 2.42. The average Bonchev–Trinajstić information content (AvgIpc) is 2.25. The topological polar surface area (TPSA) is 57.9 Å². The first-order valence-corrected chi connectivity index (χ1v) is 8.13. The van der Waals surface area contributed by atoms with Gasteiger partial charge in [0.1, 0.15) is 16.5 Å². The lowest BCUT2D eigenvalue weighted by Crippen LogP contribution is -2.53. The molecule has 1 aromatic carbocycles. The molecule has 21 heavy (non-hydrogen) atoms. The molecule has 0 radical (unpaired) electrons. The number of hydrogen-bond acceptors (Lipinski definition) is 3. The van der Waals surface area contributed by atoms with E-state index in [1.807, 2.05) is 26.8 Å². The summed E-state index contributed by atoms with van der Waals surface area (Å²) in [6.45, 7) is 5.93. The van der Waals surface area contributed by atoms with Crippen LogP contribution in [0.4, 0.5) is 8.78 Å². The van der Waals surface area contributed by atoms with Gasteiger partial charge in [-0.25, -0.2) is 17.2 Å². The average molecular weight is 313 g/mol. The number of nitrogens with zero attached hydrogens (tertiary/aromatic N) is 1. The van der Waals surface area contributed by atoms with Gasteiger partial charge in [-0.05, 0) is 36.3 Å². The van der Waals surface area contributed by atoms with Crippen molar-refractivity contribution in [3.8, 4) is 6.07 Å². The Labute approximate surface area is 123 Å². The fourth-order valence-electron chi connectivity index (χ4n) is 2.62. The summed E-state index contributed by atoms with van der Waals surface area (Å²) < 4.78 is 50.3. The second-order valence-electron chi connectivity index (χ2n) is 6.66. The Morgan fingerprint density at radius 3 is 2.29 bits per heavy atom. The number of rotatable bonds is 2. The third kappa shape index (κ3) is 2.44. The van der Waals surface area contributed by atoms with Crippen LogP contribution in [-0.2, 0) is 9.84 Å². The van der Waals surface area contributed by atoms with E-state index in [0.29, 0.717) is 6.07 Å². The molecule has 0 aromatic heterocycles. The zero-order valence-electron chi connectivity index (χ0n) is 12.2. The van der Waals surface area contributed by atoms with Crippen molar-refractivity contribution in [2.24, 2.45) is 11.3 Å². The van der Waals surface area contributed by atoms with Crippen molar-refractivity contribution in [3.05, 3.63) is 29.8 Å². The molecule has 0 spiro atoms. The number of nitriles is 1. The SMILES string of the molecule is CC(C)(C)C1CC(C#N)(S(=O)(=O)c2ccc(F)cc2F)C1. The van der Waals surface area contributed by atoms with Crippen LogP contribution < -0.4 is 0 Å². The molecule has 114 valence electrons. The standard InChI is InChI=1S/C15H17F2NO2S/c1-14(2,3)10-7-15(8-10,9-18)21(19,20)13-5-4-11(16)6-12(13)17/h4-6,10H,7-8H2,1-3H3. The minimum atomic E-state index is -4.16. The summed E-state index contributed by atoms with van der Waals surface area (Å²) in [7, 11) is -4.16. The van der Waals surface area contributed by atoms with Crippen molar-refractivity contribution in [2.75, 3.05) is 0 Å². The summed E-state index contributed by atoms with van der Waals surface area (Å²) in [4.78, 5) is -0.599. The van der Waals surface area contributed by atoms with Gasteiger partial charge >= 0.3 is 0 Å². The molecule has 0 N–H and O–H groups in total. The Kier molecular flexibility index (Phi) is 3.61. The lowest BCUT2D eigenvalue weighted by molar-refractivity contribution is 0.117. The molecule has 0 aliphatic heterocycles. The van der Waals surface area contributed by atoms with Crippen LogP contribution in [0.3, 0.4) is 0 Å². The maximum absolute atomic E-state index is 13.8. The summed E-state index contributed by atoms with van der Waals surface area (Å²) in [6, 6.07) is 4.16. The first-order valence-electron chi connectivity index (χ1n) is 6.64. The molecule has 3 nitrogen and oxygen atoms in total. The molecule has 6 heteroatoms. The zero-order valence-corrected chi connectivity index (χ0v) is 13.0. The minimum Gasteiger partial charge on any atom is -0.222 e. The van der Waals surface area contributed by atoms with Gasteiger partial charge in [0.05, 0.1) is 6.07 Å². The van der Waals surface area contributed by atoms with Crippen LogP contribution in [0.1, 0.15) is 33.6 Å². The second kappa shape index (κ2) is 4.77. The summed E-state index contributed by atoms with van der Waals surface area (Å²) >= 11 is 0. The molecule has 0 amide bonds. The molecule has 1 aliphatic rings. The van der Waals surface area contributed by atoms with E-state index in [0.717, 1.165) is 12.1 Å². The molecule has 0 unspecified atom stereocenters. The third-order valence-electron chi connectivity index (χ3n) is 4.28. The van der Waals surface area contributed by atoms with E-state index in [-0.39, 0.29) is 24.2 Å². The van der Waals surface area contributed by atoms with Gasteiger partial charge in [-0.3, -0.25) is 0 Å². The van der Waals surface area contributed by atoms with Crippen molar-refractivity contribution < 1.29 is 17.2 Å². The normalized spacial score (nSPS) is 26.0. The number of benzene rings is 1. The van der Waals surface area contributed by atoms with E-state index in [4.69, 9.17) is 0 Å². The van der Waals surface area contributed by atoms with Crippen molar-refractivity contribution in [1.82, 2.24) is 0 Å². The first kappa shape index (κ1) is 15.9. The van der Waals surface area contributed by atoms with Crippen LogP contribution in [0.2, 0.25) is 0 Å². The molecule has 1 aromatic rings. The Morgan fingerprint density at radius 2 is 1.86 bits per heavy atom. The van der Waals surface area contributed by atoms with Crippen molar-refractivity contribution in [2.45, 2.75) is 43.3 Å². The van der Waals surface area contributed by atoms with Crippen molar-refractivity contribution >= 4 is 9.84 Å². The fourth-order valence-corrected chi connectivity index (χ4v) is 4.57. The maximum atomic E-state index is 13.8. The van der Waals surface area contributed by atoms with Gasteiger partial charge in [-0.1, -0.05) is 20.8 Å². The van der Waals surface area contributed by atoms with Crippen molar-refractivity contribution in [3.63, 3.8) is 0 Å². The molecule has 0 heterocycles. The van der Waals surface area contributed by atoms with Gasteiger partial charge in [0.15, 0.2) is 14.6 Å².